The van der Waals surface area contributed by atoms with E-state index in [0.29, 0.717) is 21.3 Å². The molecule has 1 N–H and O–H groups in total. The largest absolute Gasteiger partial charge is 0.320 e. The van der Waals surface area contributed by atoms with Crippen molar-refractivity contribution in [3.8, 4) is 6.07 Å². The Hall–Kier alpha value is -1.87. The highest BCUT2D eigenvalue weighted by molar-refractivity contribution is 9.10. The number of benzene rings is 2. The van der Waals surface area contributed by atoms with Crippen LogP contribution in [0, 0.1) is 17.1 Å². The van der Waals surface area contributed by atoms with Gasteiger partial charge in [0.1, 0.15) is 17.5 Å². The smallest absolute Gasteiger partial charge is 0.266 e. The Morgan fingerprint density at radius 3 is 2.65 bits per heavy atom. The highest BCUT2D eigenvalue weighted by atomic mass is 79.9. The lowest BCUT2D eigenvalue weighted by Gasteiger charge is -2.07. The molecule has 7 heteroatoms. The van der Waals surface area contributed by atoms with E-state index >= 15 is 0 Å². The van der Waals surface area contributed by atoms with E-state index in [4.69, 9.17) is 28.5 Å². The summed E-state index contributed by atoms with van der Waals surface area (Å²) in [4.78, 5) is 12.2. The number of amides is 1. The van der Waals surface area contributed by atoms with Gasteiger partial charge in [-0.2, -0.15) is 5.26 Å². The van der Waals surface area contributed by atoms with Crippen LogP contribution in [0.4, 0.5) is 10.1 Å². The number of hydrogen-bond donors (Lipinski definition) is 1. The van der Waals surface area contributed by atoms with Gasteiger partial charge in [-0.05, 0) is 57.9 Å². The Morgan fingerprint density at radius 2 is 2.00 bits per heavy atom. The summed E-state index contributed by atoms with van der Waals surface area (Å²) in [5, 5.41) is 12.4. The van der Waals surface area contributed by atoms with Crippen molar-refractivity contribution in [1.29, 1.82) is 5.26 Å². The fourth-order valence-corrected chi connectivity index (χ4v) is 2.43. The number of nitrogens with zero attached hydrogens (tertiary/aromatic N) is 1. The SMILES string of the molecule is N#C/C(=C\c1ccc(F)c(Br)c1)C(=O)Nc1cc(Cl)ccc1Cl. The molecule has 2 aromatic rings. The molecular weight excluding hydrogens is 406 g/mol. The molecule has 0 saturated heterocycles. The molecule has 2 rings (SSSR count). The third kappa shape index (κ3) is 4.55. The number of rotatable bonds is 3. The normalized spacial score (nSPS) is 11.0. The van der Waals surface area contributed by atoms with E-state index in [1.54, 1.807) is 12.1 Å². The first-order chi connectivity index (χ1) is 10.9. The van der Waals surface area contributed by atoms with Crippen LogP contribution in [0.1, 0.15) is 5.56 Å². The average molecular weight is 414 g/mol. The Labute approximate surface area is 150 Å². The zero-order valence-electron chi connectivity index (χ0n) is 11.4. The van der Waals surface area contributed by atoms with Crippen molar-refractivity contribution in [2.45, 2.75) is 0 Å². The van der Waals surface area contributed by atoms with Crippen LogP contribution in [0.3, 0.4) is 0 Å². The molecule has 0 heterocycles. The van der Waals surface area contributed by atoms with Crippen LogP contribution < -0.4 is 5.32 Å². The molecule has 116 valence electrons. The maximum atomic E-state index is 13.2. The molecule has 0 radical (unpaired) electrons. The van der Waals surface area contributed by atoms with Crippen LogP contribution in [0.5, 0.6) is 0 Å². The minimum absolute atomic E-state index is 0.153. The van der Waals surface area contributed by atoms with E-state index < -0.39 is 11.7 Å². The second kappa shape index (κ2) is 7.60. The van der Waals surface area contributed by atoms with E-state index in [9.17, 15) is 9.18 Å². The summed E-state index contributed by atoms with van der Waals surface area (Å²) in [6, 6.07) is 10.5. The topological polar surface area (TPSA) is 52.9 Å². The number of nitrogens with one attached hydrogen (secondary N) is 1. The number of halogens is 4. The first-order valence-electron chi connectivity index (χ1n) is 6.24. The summed E-state index contributed by atoms with van der Waals surface area (Å²) in [6.07, 6.45) is 1.35. The highest BCUT2D eigenvalue weighted by Crippen LogP contribution is 2.26. The van der Waals surface area contributed by atoms with Gasteiger partial charge in [0.15, 0.2) is 0 Å². The predicted octanol–water partition coefficient (Wildman–Crippen LogP) is 5.44. The molecule has 0 bridgehead atoms. The zero-order valence-corrected chi connectivity index (χ0v) is 14.5. The van der Waals surface area contributed by atoms with Crippen LogP contribution in [-0.2, 0) is 4.79 Å². The van der Waals surface area contributed by atoms with Crippen molar-refractivity contribution in [2.75, 3.05) is 5.32 Å². The van der Waals surface area contributed by atoms with Crippen LogP contribution in [0.2, 0.25) is 10.0 Å². The molecule has 1 amide bonds. The van der Waals surface area contributed by atoms with Crippen molar-refractivity contribution in [3.05, 3.63) is 67.9 Å². The standard InChI is InChI=1S/C16H8BrCl2FN2O/c17-12-6-9(1-4-14(12)20)5-10(8-21)16(23)22-15-7-11(18)2-3-13(15)19/h1-7H,(H,22,23)/b10-5+. The Bertz CT molecular complexity index is 846. The minimum atomic E-state index is -0.642. The fraction of sp³-hybridized carbons (Fsp3) is 0. The Morgan fingerprint density at radius 1 is 1.26 bits per heavy atom. The molecule has 0 unspecified atom stereocenters. The average Bonchev–Trinajstić information content (AvgIpc) is 2.51. The monoisotopic (exact) mass is 412 g/mol. The number of carbonyl (C=O) groups excluding carboxylic acids is 1. The lowest BCUT2D eigenvalue weighted by Crippen LogP contribution is -2.13. The van der Waals surface area contributed by atoms with Gasteiger partial charge in [0.05, 0.1) is 15.2 Å². The van der Waals surface area contributed by atoms with Gasteiger partial charge in [0.2, 0.25) is 0 Å². The molecule has 0 aliphatic rings. The summed E-state index contributed by atoms with van der Waals surface area (Å²) in [7, 11) is 0. The maximum Gasteiger partial charge on any atom is 0.266 e. The molecule has 0 spiro atoms. The summed E-state index contributed by atoms with van der Waals surface area (Å²) < 4.78 is 13.4. The quantitative estimate of drug-likeness (QED) is 0.537. The molecule has 3 nitrogen and oxygen atoms in total. The van der Waals surface area contributed by atoms with Gasteiger partial charge in [-0.1, -0.05) is 29.3 Å². The van der Waals surface area contributed by atoms with Crippen molar-refractivity contribution >= 4 is 56.8 Å². The molecule has 2 aromatic carbocycles. The van der Waals surface area contributed by atoms with Gasteiger partial charge in [0, 0.05) is 5.02 Å². The molecule has 0 aromatic heterocycles. The van der Waals surface area contributed by atoms with Crippen LogP contribution in [-0.4, -0.2) is 5.91 Å². The lowest BCUT2D eigenvalue weighted by atomic mass is 10.1. The molecule has 0 aliphatic heterocycles. The predicted molar refractivity (Wildman–Crippen MR) is 92.8 cm³/mol. The van der Waals surface area contributed by atoms with E-state index in [1.807, 2.05) is 0 Å². The molecular formula is C16H8BrCl2FN2O. The lowest BCUT2D eigenvalue weighted by molar-refractivity contribution is -0.112. The van der Waals surface area contributed by atoms with Gasteiger partial charge in [-0.25, -0.2) is 4.39 Å². The summed E-state index contributed by atoms with van der Waals surface area (Å²) in [6.45, 7) is 0. The Balaban J connectivity index is 2.28. The summed E-state index contributed by atoms with van der Waals surface area (Å²) in [5.74, 6) is -1.08. The van der Waals surface area contributed by atoms with E-state index in [1.165, 1.54) is 36.4 Å². The third-order valence-electron chi connectivity index (χ3n) is 2.80. The number of anilines is 1. The molecule has 23 heavy (non-hydrogen) atoms. The van der Waals surface area contributed by atoms with Gasteiger partial charge in [0.25, 0.3) is 5.91 Å². The van der Waals surface area contributed by atoms with Crippen molar-refractivity contribution < 1.29 is 9.18 Å². The first-order valence-corrected chi connectivity index (χ1v) is 7.79. The van der Waals surface area contributed by atoms with E-state index in [2.05, 4.69) is 21.2 Å². The summed E-state index contributed by atoms with van der Waals surface area (Å²) >= 11 is 14.9. The van der Waals surface area contributed by atoms with Crippen molar-refractivity contribution in [1.82, 2.24) is 0 Å². The third-order valence-corrected chi connectivity index (χ3v) is 3.97. The maximum absolute atomic E-state index is 13.2. The fourth-order valence-electron chi connectivity index (χ4n) is 1.70. The number of hydrogen-bond acceptors (Lipinski definition) is 2. The van der Waals surface area contributed by atoms with Crippen LogP contribution in [0.25, 0.3) is 6.08 Å². The zero-order chi connectivity index (χ0) is 17.0. The molecule has 0 aliphatic carbocycles. The van der Waals surface area contributed by atoms with Gasteiger partial charge >= 0.3 is 0 Å². The van der Waals surface area contributed by atoms with Crippen molar-refractivity contribution in [2.24, 2.45) is 0 Å². The van der Waals surface area contributed by atoms with Gasteiger partial charge in [-0.3, -0.25) is 4.79 Å². The highest BCUT2D eigenvalue weighted by Gasteiger charge is 2.12. The Kier molecular flexibility index (Phi) is 5.78. The van der Waals surface area contributed by atoms with E-state index in [-0.39, 0.29) is 10.0 Å². The summed E-state index contributed by atoms with van der Waals surface area (Å²) in [5.41, 5.74) is 0.646. The molecule has 0 saturated carbocycles. The second-order valence-electron chi connectivity index (χ2n) is 4.42. The van der Waals surface area contributed by atoms with Gasteiger partial charge in [-0.15, -0.1) is 0 Å². The number of carbonyl (C=O) groups is 1. The number of nitriles is 1. The molecule has 0 fully saturated rings. The molecule has 0 atom stereocenters. The second-order valence-corrected chi connectivity index (χ2v) is 6.12. The first kappa shape index (κ1) is 17.5. The van der Waals surface area contributed by atoms with Crippen molar-refractivity contribution in [3.63, 3.8) is 0 Å². The van der Waals surface area contributed by atoms with E-state index in [0.717, 1.165) is 0 Å². The van der Waals surface area contributed by atoms with Gasteiger partial charge < -0.3 is 5.32 Å². The van der Waals surface area contributed by atoms with Crippen LogP contribution >= 0.6 is 39.1 Å². The van der Waals surface area contributed by atoms with Crippen LogP contribution in [0.15, 0.2) is 46.4 Å². The minimum Gasteiger partial charge on any atom is -0.320 e.